The Balaban J connectivity index is 1.67. The van der Waals surface area contributed by atoms with Crippen LogP contribution in [-0.4, -0.2) is 44.7 Å². The van der Waals surface area contributed by atoms with Crippen molar-refractivity contribution in [3.63, 3.8) is 0 Å². The smallest absolute Gasteiger partial charge is 0.0945 e. The fraction of sp³-hybridized carbons (Fsp3) is 0.600. The summed E-state index contributed by atoms with van der Waals surface area (Å²) < 4.78 is 5.53. The predicted molar refractivity (Wildman–Crippen MR) is 74.7 cm³/mol. The van der Waals surface area contributed by atoms with Gasteiger partial charge < -0.3 is 15.0 Å². The van der Waals surface area contributed by atoms with Crippen LogP contribution in [0.5, 0.6) is 0 Å². The molecule has 0 radical (unpaired) electrons. The largest absolute Gasteiger partial charge is 0.375 e. The molecule has 1 aromatic rings. The van der Waals surface area contributed by atoms with Crippen molar-refractivity contribution in [2.75, 3.05) is 39.8 Å². The van der Waals surface area contributed by atoms with Crippen molar-refractivity contribution in [3.05, 3.63) is 35.9 Å². The number of nitrogens with zero attached hydrogens (tertiary/aromatic N) is 1. The quantitative estimate of drug-likeness (QED) is 0.748. The average molecular weight is 248 g/mol. The van der Waals surface area contributed by atoms with Gasteiger partial charge in [-0.3, -0.25) is 0 Å². The molecule has 1 fully saturated rings. The molecule has 3 heteroatoms. The van der Waals surface area contributed by atoms with E-state index in [0.29, 0.717) is 0 Å². The highest BCUT2D eigenvalue weighted by atomic mass is 16.5. The molecule has 1 aliphatic heterocycles. The molecule has 0 amide bonds. The lowest BCUT2D eigenvalue weighted by Crippen LogP contribution is -2.32. The first-order valence-corrected chi connectivity index (χ1v) is 6.91. The van der Waals surface area contributed by atoms with Crippen LogP contribution in [-0.2, 0) is 4.74 Å². The van der Waals surface area contributed by atoms with Gasteiger partial charge in [0, 0.05) is 26.7 Å². The van der Waals surface area contributed by atoms with E-state index in [1.54, 1.807) is 7.11 Å². The number of methoxy groups -OCH3 is 1. The van der Waals surface area contributed by atoms with Gasteiger partial charge in [-0.1, -0.05) is 30.3 Å². The highest BCUT2D eigenvalue weighted by molar-refractivity contribution is 5.17. The summed E-state index contributed by atoms with van der Waals surface area (Å²) in [4.78, 5) is 2.53. The Morgan fingerprint density at radius 1 is 1.22 bits per heavy atom. The molecule has 1 heterocycles. The second-order valence-electron chi connectivity index (χ2n) is 4.89. The fourth-order valence-corrected chi connectivity index (χ4v) is 2.48. The van der Waals surface area contributed by atoms with Gasteiger partial charge in [0.1, 0.15) is 0 Å². The molecule has 1 N–H and O–H groups in total. The van der Waals surface area contributed by atoms with E-state index in [-0.39, 0.29) is 6.10 Å². The Hall–Kier alpha value is -0.900. The molecular formula is C15H24N2O. The van der Waals surface area contributed by atoms with Gasteiger partial charge in [0.05, 0.1) is 6.10 Å². The maximum absolute atomic E-state index is 5.53. The Morgan fingerprint density at radius 3 is 2.61 bits per heavy atom. The van der Waals surface area contributed by atoms with Crippen LogP contribution in [0, 0.1) is 0 Å². The van der Waals surface area contributed by atoms with Gasteiger partial charge >= 0.3 is 0 Å². The van der Waals surface area contributed by atoms with Crippen LogP contribution in [0.15, 0.2) is 30.3 Å². The number of hydrogen-bond donors (Lipinski definition) is 1. The summed E-state index contributed by atoms with van der Waals surface area (Å²) >= 11 is 0. The summed E-state index contributed by atoms with van der Waals surface area (Å²) in [5.41, 5.74) is 1.24. The summed E-state index contributed by atoms with van der Waals surface area (Å²) in [6.45, 7) is 5.63. The van der Waals surface area contributed by atoms with Crippen molar-refractivity contribution < 1.29 is 4.74 Å². The van der Waals surface area contributed by atoms with Gasteiger partial charge in [-0.15, -0.1) is 0 Å². The van der Waals surface area contributed by atoms with E-state index in [4.69, 9.17) is 4.74 Å². The number of rotatable bonds is 7. The maximum atomic E-state index is 5.53. The highest BCUT2D eigenvalue weighted by Gasteiger charge is 2.12. The zero-order valence-electron chi connectivity index (χ0n) is 11.3. The third-order valence-corrected chi connectivity index (χ3v) is 3.59. The summed E-state index contributed by atoms with van der Waals surface area (Å²) in [5, 5.41) is 3.50. The number of likely N-dealkylation sites (tertiary alicyclic amines) is 1. The van der Waals surface area contributed by atoms with Crippen LogP contribution >= 0.6 is 0 Å². The predicted octanol–water partition coefficient (Wildman–Crippen LogP) is 2.06. The third-order valence-electron chi connectivity index (χ3n) is 3.59. The third kappa shape index (κ3) is 4.09. The minimum Gasteiger partial charge on any atom is -0.375 e. The highest BCUT2D eigenvalue weighted by Crippen LogP contribution is 2.14. The minimum atomic E-state index is 0.157. The molecule has 1 saturated heterocycles. The molecule has 0 bridgehead atoms. The topological polar surface area (TPSA) is 24.5 Å². The van der Waals surface area contributed by atoms with Crippen molar-refractivity contribution in [1.29, 1.82) is 0 Å². The minimum absolute atomic E-state index is 0.157. The standard InChI is InChI=1S/C15H24N2O/c1-18-15(14-7-3-2-4-8-14)13-16-9-12-17-10-5-6-11-17/h2-4,7-8,15-16H,5-6,9-13H2,1H3. The van der Waals surface area contributed by atoms with Gasteiger partial charge in [-0.2, -0.15) is 0 Å². The number of ether oxygens (including phenoxy) is 1. The van der Waals surface area contributed by atoms with Gasteiger partial charge in [0.15, 0.2) is 0 Å². The Labute approximate surface area is 110 Å². The SMILES string of the molecule is COC(CNCCN1CCCC1)c1ccccc1. The van der Waals surface area contributed by atoms with E-state index in [1.165, 1.54) is 31.5 Å². The van der Waals surface area contributed by atoms with Crippen LogP contribution < -0.4 is 5.32 Å². The maximum Gasteiger partial charge on any atom is 0.0945 e. The summed E-state index contributed by atoms with van der Waals surface area (Å²) in [6.07, 6.45) is 2.89. The molecule has 1 atom stereocenters. The van der Waals surface area contributed by atoms with E-state index in [1.807, 2.05) is 6.07 Å². The van der Waals surface area contributed by atoms with E-state index < -0.39 is 0 Å². The van der Waals surface area contributed by atoms with E-state index >= 15 is 0 Å². The first-order chi connectivity index (χ1) is 8.90. The van der Waals surface area contributed by atoms with Crippen molar-refractivity contribution in [2.45, 2.75) is 18.9 Å². The van der Waals surface area contributed by atoms with E-state index in [2.05, 4.69) is 34.5 Å². The van der Waals surface area contributed by atoms with Gasteiger partial charge in [0.25, 0.3) is 0 Å². The Bertz CT molecular complexity index is 323. The van der Waals surface area contributed by atoms with Crippen molar-refractivity contribution in [2.24, 2.45) is 0 Å². The molecule has 0 saturated carbocycles. The van der Waals surface area contributed by atoms with Gasteiger partial charge in [-0.05, 0) is 31.5 Å². The Morgan fingerprint density at radius 2 is 1.94 bits per heavy atom. The van der Waals surface area contributed by atoms with Crippen LogP contribution in [0.25, 0.3) is 0 Å². The van der Waals surface area contributed by atoms with Crippen LogP contribution in [0.3, 0.4) is 0 Å². The summed E-state index contributed by atoms with van der Waals surface area (Å²) in [7, 11) is 1.78. The van der Waals surface area contributed by atoms with Gasteiger partial charge in [0.2, 0.25) is 0 Å². The molecular weight excluding hydrogens is 224 g/mol. The van der Waals surface area contributed by atoms with Crippen LogP contribution in [0.4, 0.5) is 0 Å². The lowest BCUT2D eigenvalue weighted by molar-refractivity contribution is 0.102. The molecule has 0 aliphatic carbocycles. The molecule has 0 spiro atoms. The Kier molecular flexibility index (Phi) is 5.65. The van der Waals surface area contributed by atoms with Crippen LogP contribution in [0.2, 0.25) is 0 Å². The zero-order valence-corrected chi connectivity index (χ0v) is 11.3. The molecule has 0 aromatic heterocycles. The van der Waals surface area contributed by atoms with E-state index in [9.17, 15) is 0 Å². The van der Waals surface area contributed by atoms with E-state index in [0.717, 1.165) is 19.6 Å². The number of hydrogen-bond acceptors (Lipinski definition) is 3. The average Bonchev–Trinajstić information content (AvgIpc) is 2.93. The first kappa shape index (κ1) is 13.5. The molecule has 3 nitrogen and oxygen atoms in total. The number of nitrogens with one attached hydrogen (secondary N) is 1. The number of benzene rings is 1. The molecule has 1 aliphatic rings. The molecule has 100 valence electrons. The molecule has 1 aromatic carbocycles. The molecule has 1 unspecified atom stereocenters. The summed E-state index contributed by atoms with van der Waals surface area (Å²) in [6, 6.07) is 10.4. The van der Waals surface area contributed by atoms with Crippen molar-refractivity contribution in [3.8, 4) is 0 Å². The normalized spacial score (nSPS) is 18.1. The second-order valence-corrected chi connectivity index (χ2v) is 4.89. The lowest BCUT2D eigenvalue weighted by atomic mass is 10.1. The second kappa shape index (κ2) is 7.52. The van der Waals surface area contributed by atoms with Crippen molar-refractivity contribution in [1.82, 2.24) is 10.2 Å². The van der Waals surface area contributed by atoms with Crippen LogP contribution in [0.1, 0.15) is 24.5 Å². The van der Waals surface area contributed by atoms with Crippen molar-refractivity contribution >= 4 is 0 Å². The summed E-state index contributed by atoms with van der Waals surface area (Å²) in [5.74, 6) is 0. The molecule has 2 rings (SSSR count). The fourth-order valence-electron chi connectivity index (χ4n) is 2.48. The molecule has 18 heavy (non-hydrogen) atoms. The first-order valence-electron chi connectivity index (χ1n) is 6.91. The zero-order chi connectivity index (χ0) is 12.6. The lowest BCUT2D eigenvalue weighted by Gasteiger charge is -2.18. The monoisotopic (exact) mass is 248 g/mol. The van der Waals surface area contributed by atoms with Gasteiger partial charge in [-0.25, -0.2) is 0 Å².